The van der Waals surface area contributed by atoms with Gasteiger partial charge in [-0.25, -0.2) is 0 Å². The van der Waals surface area contributed by atoms with E-state index in [-0.39, 0.29) is 36.6 Å². The molecule has 2 N–H and O–H groups in total. The summed E-state index contributed by atoms with van der Waals surface area (Å²) in [6.07, 6.45) is 2.36. The van der Waals surface area contributed by atoms with Crippen molar-refractivity contribution in [1.29, 1.82) is 0 Å². The molecule has 3 amide bonds. The van der Waals surface area contributed by atoms with Gasteiger partial charge in [-0.05, 0) is 37.8 Å². The van der Waals surface area contributed by atoms with Crippen LogP contribution < -0.4 is 15.4 Å². The van der Waals surface area contributed by atoms with Gasteiger partial charge >= 0.3 is 0 Å². The Morgan fingerprint density at radius 3 is 2.46 bits per heavy atom. The van der Waals surface area contributed by atoms with Crippen molar-refractivity contribution in [3.05, 3.63) is 29.8 Å². The Bertz CT molecular complexity index is 684. The van der Waals surface area contributed by atoms with Gasteiger partial charge in [-0.15, -0.1) is 0 Å². The number of benzene rings is 1. The molecule has 1 atom stereocenters. The molecule has 1 aromatic carbocycles. The van der Waals surface area contributed by atoms with Crippen molar-refractivity contribution in [3.63, 3.8) is 0 Å². The third kappa shape index (κ3) is 5.97. The first-order valence-electron chi connectivity index (χ1n) is 10.0. The number of amides is 3. The fourth-order valence-electron chi connectivity index (χ4n) is 3.22. The SMILES string of the molecule is CCOc1ccccc1C(=O)N[C@@H](C(=O)NCCC(=O)N1CCCC1)C(C)C. The molecular weight excluding hydrogens is 358 g/mol. The van der Waals surface area contributed by atoms with E-state index in [0.717, 1.165) is 25.9 Å². The van der Waals surface area contributed by atoms with Crippen LogP contribution in [0.3, 0.4) is 0 Å². The molecule has 1 fully saturated rings. The summed E-state index contributed by atoms with van der Waals surface area (Å²) in [6.45, 7) is 7.91. The minimum atomic E-state index is -0.691. The van der Waals surface area contributed by atoms with E-state index in [0.29, 0.717) is 17.9 Å². The second-order valence-corrected chi connectivity index (χ2v) is 7.25. The fraction of sp³-hybridized carbons (Fsp3) is 0.571. The van der Waals surface area contributed by atoms with E-state index in [9.17, 15) is 14.4 Å². The average molecular weight is 389 g/mol. The van der Waals surface area contributed by atoms with Gasteiger partial charge in [0.2, 0.25) is 11.8 Å². The van der Waals surface area contributed by atoms with Crippen LogP contribution in [-0.4, -0.2) is 54.9 Å². The number of nitrogens with zero attached hydrogens (tertiary/aromatic N) is 1. The molecule has 154 valence electrons. The molecule has 1 aliphatic rings. The van der Waals surface area contributed by atoms with Crippen molar-refractivity contribution in [3.8, 4) is 5.75 Å². The van der Waals surface area contributed by atoms with Crippen molar-refractivity contribution >= 4 is 17.7 Å². The number of para-hydroxylation sites is 1. The summed E-state index contributed by atoms with van der Waals surface area (Å²) in [5.74, 6) is -0.190. The fourth-order valence-corrected chi connectivity index (χ4v) is 3.22. The normalized spacial score (nSPS) is 14.6. The van der Waals surface area contributed by atoms with Gasteiger partial charge in [0.05, 0.1) is 12.2 Å². The number of carbonyl (C=O) groups is 3. The van der Waals surface area contributed by atoms with Gasteiger partial charge in [-0.3, -0.25) is 14.4 Å². The zero-order valence-corrected chi connectivity index (χ0v) is 17.0. The maximum atomic E-state index is 12.7. The molecule has 0 aromatic heterocycles. The van der Waals surface area contributed by atoms with Gasteiger partial charge in [-0.1, -0.05) is 26.0 Å². The summed E-state index contributed by atoms with van der Waals surface area (Å²) < 4.78 is 5.50. The predicted octanol–water partition coefficient (Wildman–Crippen LogP) is 1.97. The number of rotatable bonds is 9. The van der Waals surface area contributed by atoms with Crippen LogP contribution in [0, 0.1) is 5.92 Å². The van der Waals surface area contributed by atoms with Crippen LogP contribution in [0.15, 0.2) is 24.3 Å². The second-order valence-electron chi connectivity index (χ2n) is 7.25. The van der Waals surface area contributed by atoms with Gasteiger partial charge in [0.15, 0.2) is 0 Å². The van der Waals surface area contributed by atoms with E-state index < -0.39 is 6.04 Å². The Hall–Kier alpha value is -2.57. The van der Waals surface area contributed by atoms with E-state index in [1.165, 1.54) is 0 Å². The number of hydrogen-bond acceptors (Lipinski definition) is 4. The molecule has 7 nitrogen and oxygen atoms in total. The highest BCUT2D eigenvalue weighted by atomic mass is 16.5. The highest BCUT2D eigenvalue weighted by molar-refractivity contribution is 5.99. The predicted molar refractivity (Wildman–Crippen MR) is 107 cm³/mol. The second kappa shape index (κ2) is 10.7. The lowest BCUT2D eigenvalue weighted by Crippen LogP contribution is -2.50. The Morgan fingerprint density at radius 2 is 1.82 bits per heavy atom. The monoisotopic (exact) mass is 389 g/mol. The minimum absolute atomic E-state index is 0.0635. The molecule has 0 aliphatic carbocycles. The smallest absolute Gasteiger partial charge is 0.255 e. The van der Waals surface area contributed by atoms with E-state index in [1.54, 1.807) is 24.3 Å². The van der Waals surface area contributed by atoms with Crippen LogP contribution in [0.4, 0.5) is 0 Å². The van der Waals surface area contributed by atoms with Crippen LogP contribution >= 0.6 is 0 Å². The van der Waals surface area contributed by atoms with Crippen molar-refractivity contribution in [2.75, 3.05) is 26.2 Å². The molecule has 0 radical (unpaired) electrons. The van der Waals surface area contributed by atoms with Crippen LogP contribution in [0.2, 0.25) is 0 Å². The van der Waals surface area contributed by atoms with Crippen molar-refractivity contribution in [1.82, 2.24) is 15.5 Å². The highest BCUT2D eigenvalue weighted by Crippen LogP contribution is 2.18. The van der Waals surface area contributed by atoms with Crippen molar-refractivity contribution in [2.45, 2.75) is 46.1 Å². The zero-order valence-electron chi connectivity index (χ0n) is 17.0. The molecule has 28 heavy (non-hydrogen) atoms. The number of hydrogen-bond donors (Lipinski definition) is 2. The van der Waals surface area contributed by atoms with E-state index >= 15 is 0 Å². The van der Waals surface area contributed by atoms with Gasteiger partial charge in [0, 0.05) is 26.1 Å². The van der Waals surface area contributed by atoms with Gasteiger partial charge in [-0.2, -0.15) is 0 Å². The van der Waals surface area contributed by atoms with Crippen LogP contribution in [0.1, 0.15) is 50.4 Å². The molecule has 0 saturated carbocycles. The van der Waals surface area contributed by atoms with Gasteiger partial charge in [0.1, 0.15) is 11.8 Å². The van der Waals surface area contributed by atoms with Gasteiger partial charge in [0.25, 0.3) is 5.91 Å². The largest absolute Gasteiger partial charge is 0.493 e. The zero-order chi connectivity index (χ0) is 20.5. The van der Waals surface area contributed by atoms with Crippen LogP contribution in [-0.2, 0) is 9.59 Å². The molecule has 1 saturated heterocycles. The molecule has 1 aromatic rings. The Morgan fingerprint density at radius 1 is 1.14 bits per heavy atom. The summed E-state index contributed by atoms with van der Waals surface area (Å²) in [5, 5.41) is 5.58. The maximum Gasteiger partial charge on any atom is 0.255 e. The third-order valence-electron chi connectivity index (χ3n) is 4.76. The van der Waals surface area contributed by atoms with Crippen molar-refractivity contribution < 1.29 is 19.1 Å². The summed E-state index contributed by atoms with van der Waals surface area (Å²) in [4.78, 5) is 39.2. The van der Waals surface area contributed by atoms with E-state index in [2.05, 4.69) is 10.6 Å². The minimum Gasteiger partial charge on any atom is -0.493 e. The molecule has 0 bridgehead atoms. The Balaban J connectivity index is 1.92. The third-order valence-corrected chi connectivity index (χ3v) is 4.76. The molecule has 0 spiro atoms. The highest BCUT2D eigenvalue weighted by Gasteiger charge is 2.26. The van der Waals surface area contributed by atoms with E-state index in [1.807, 2.05) is 25.7 Å². The summed E-state index contributed by atoms with van der Waals surface area (Å²) in [7, 11) is 0. The summed E-state index contributed by atoms with van der Waals surface area (Å²) in [6, 6.07) is 6.26. The number of ether oxygens (including phenoxy) is 1. The molecule has 1 aliphatic heterocycles. The lowest BCUT2D eigenvalue weighted by atomic mass is 10.0. The van der Waals surface area contributed by atoms with Crippen LogP contribution in [0.25, 0.3) is 0 Å². The standard InChI is InChI=1S/C21H31N3O4/c1-4-28-17-10-6-5-9-16(17)20(26)23-19(15(2)3)21(27)22-12-11-18(25)24-13-7-8-14-24/h5-6,9-10,15,19H,4,7-8,11-14H2,1-3H3,(H,22,27)(H,23,26)/t19-/m1/s1. The number of carbonyl (C=O) groups excluding carboxylic acids is 3. The first-order chi connectivity index (χ1) is 13.4. The average Bonchev–Trinajstić information content (AvgIpc) is 3.21. The lowest BCUT2D eigenvalue weighted by molar-refractivity contribution is -0.130. The molecule has 2 rings (SSSR count). The summed E-state index contributed by atoms with van der Waals surface area (Å²) >= 11 is 0. The Kier molecular flexibility index (Phi) is 8.29. The first kappa shape index (κ1) is 21.7. The Labute approximate surface area is 166 Å². The lowest BCUT2D eigenvalue weighted by Gasteiger charge is -2.22. The number of likely N-dealkylation sites (tertiary alicyclic amines) is 1. The topological polar surface area (TPSA) is 87.7 Å². The van der Waals surface area contributed by atoms with Crippen molar-refractivity contribution in [2.24, 2.45) is 5.92 Å². The summed E-state index contributed by atoms with van der Waals surface area (Å²) in [5.41, 5.74) is 0.395. The van der Waals surface area contributed by atoms with Gasteiger partial charge < -0.3 is 20.3 Å². The molecule has 0 unspecified atom stereocenters. The maximum absolute atomic E-state index is 12.7. The first-order valence-corrected chi connectivity index (χ1v) is 10.0. The van der Waals surface area contributed by atoms with E-state index in [4.69, 9.17) is 4.74 Å². The van der Waals surface area contributed by atoms with Crippen LogP contribution in [0.5, 0.6) is 5.75 Å². The molecule has 1 heterocycles. The molecular formula is C21H31N3O4. The molecule has 7 heteroatoms. The number of nitrogens with one attached hydrogen (secondary N) is 2. The quantitative estimate of drug-likeness (QED) is 0.676.